The van der Waals surface area contributed by atoms with Crippen molar-refractivity contribution in [2.75, 3.05) is 0 Å². The van der Waals surface area contributed by atoms with E-state index in [0.29, 0.717) is 23.5 Å². The third-order valence-corrected chi connectivity index (χ3v) is 11.2. The Bertz CT molecular complexity index is 1190. The molecule has 1 N–H and O–H groups in total. The largest absolute Gasteiger partial charge is 0.507 e. The Morgan fingerprint density at radius 2 is 1.06 bits per heavy atom. The molecule has 49 heavy (non-hydrogen) atoms. The van der Waals surface area contributed by atoms with Gasteiger partial charge in [0.1, 0.15) is 5.75 Å². The molecule has 0 fully saturated rings. The van der Waals surface area contributed by atoms with Crippen LogP contribution in [-0.4, -0.2) is 10.9 Å². The molecule has 0 aliphatic heterocycles. The fourth-order valence-corrected chi connectivity index (χ4v) is 7.60. The molecule has 0 bridgehead atoms. The van der Waals surface area contributed by atoms with Crippen molar-refractivity contribution in [2.45, 2.75) is 209 Å². The second-order valence-corrected chi connectivity index (χ2v) is 16.4. The van der Waals surface area contributed by atoms with Gasteiger partial charge in [0, 0.05) is 11.1 Å². The van der Waals surface area contributed by atoms with E-state index in [1.54, 1.807) is 0 Å². The van der Waals surface area contributed by atoms with Crippen molar-refractivity contribution < 1.29 is 9.90 Å². The maximum Gasteiger partial charge on any atom is 0.185 e. The number of aryl methyl sites for hydroxylation is 1. The van der Waals surface area contributed by atoms with Crippen molar-refractivity contribution in [3.63, 3.8) is 0 Å². The Kier molecular flexibility index (Phi) is 21.2. The lowest BCUT2D eigenvalue weighted by molar-refractivity contribution is -0.113. The predicted octanol–water partition coefficient (Wildman–Crippen LogP) is 15.0. The average molecular weight is 675 g/mol. The summed E-state index contributed by atoms with van der Waals surface area (Å²) in [6.45, 7) is 20.1. The molecule has 1 aliphatic rings. The Morgan fingerprint density at radius 1 is 0.592 bits per heavy atom. The first-order valence-corrected chi connectivity index (χ1v) is 21.0. The highest BCUT2D eigenvalue weighted by Gasteiger charge is 2.26. The number of phenols is 1. The molecule has 2 heteroatoms. The molecular weight excluding hydrogens is 597 g/mol. The zero-order valence-corrected chi connectivity index (χ0v) is 33.8. The number of hydrogen-bond acceptors (Lipinski definition) is 2. The number of allylic oxidation sites excluding steroid dienone is 6. The molecule has 278 valence electrons. The van der Waals surface area contributed by atoms with E-state index in [9.17, 15) is 9.90 Å². The zero-order valence-electron chi connectivity index (χ0n) is 33.8. The number of aromatic hydroxyl groups is 1. The van der Waals surface area contributed by atoms with Crippen LogP contribution < -0.4 is 0 Å². The van der Waals surface area contributed by atoms with Crippen LogP contribution in [0.4, 0.5) is 0 Å². The van der Waals surface area contributed by atoms with E-state index in [1.807, 2.05) is 0 Å². The van der Waals surface area contributed by atoms with Crippen molar-refractivity contribution in [3.8, 4) is 5.75 Å². The van der Waals surface area contributed by atoms with Gasteiger partial charge in [-0.05, 0) is 97.1 Å². The second kappa shape index (κ2) is 24.2. The van der Waals surface area contributed by atoms with Crippen molar-refractivity contribution >= 4 is 5.78 Å². The van der Waals surface area contributed by atoms with Gasteiger partial charge in [0.15, 0.2) is 5.78 Å². The van der Waals surface area contributed by atoms with Crippen LogP contribution in [0.2, 0.25) is 0 Å². The molecule has 2 unspecified atom stereocenters. The summed E-state index contributed by atoms with van der Waals surface area (Å²) in [4.78, 5) is 13.6. The van der Waals surface area contributed by atoms with Gasteiger partial charge in [0.05, 0.1) is 0 Å². The maximum absolute atomic E-state index is 13.6. The third kappa shape index (κ3) is 15.4. The highest BCUT2D eigenvalue weighted by molar-refractivity contribution is 6.10. The molecule has 0 saturated carbocycles. The molecule has 0 aromatic heterocycles. The summed E-state index contributed by atoms with van der Waals surface area (Å²) in [5.41, 5.74) is 8.24. The van der Waals surface area contributed by atoms with Crippen LogP contribution in [0.25, 0.3) is 0 Å². The number of hydrogen-bond donors (Lipinski definition) is 1. The van der Waals surface area contributed by atoms with Gasteiger partial charge in [-0.3, -0.25) is 4.79 Å². The Balaban J connectivity index is 2.06. The molecule has 2 atom stereocenters. The molecule has 1 aromatic rings. The smallest absolute Gasteiger partial charge is 0.185 e. The molecule has 0 heterocycles. The van der Waals surface area contributed by atoms with Crippen LogP contribution in [-0.2, 0) is 11.2 Å². The highest BCUT2D eigenvalue weighted by atomic mass is 16.3. The van der Waals surface area contributed by atoms with Crippen LogP contribution in [0.15, 0.2) is 46.6 Å². The first-order chi connectivity index (χ1) is 23.5. The normalized spacial score (nSPS) is 15.9. The first kappa shape index (κ1) is 43.1. The predicted molar refractivity (Wildman–Crippen MR) is 216 cm³/mol. The minimum Gasteiger partial charge on any atom is -0.507 e. The summed E-state index contributed by atoms with van der Waals surface area (Å²) in [6.07, 6.45) is 31.0. The fraction of sp³-hybridized carbons (Fsp3) is 0.723. The van der Waals surface area contributed by atoms with Crippen molar-refractivity contribution in [1.29, 1.82) is 0 Å². The van der Waals surface area contributed by atoms with Gasteiger partial charge in [0.2, 0.25) is 0 Å². The molecule has 0 saturated heterocycles. The monoisotopic (exact) mass is 675 g/mol. The number of benzene rings is 1. The van der Waals surface area contributed by atoms with Crippen LogP contribution in [0.1, 0.15) is 219 Å². The van der Waals surface area contributed by atoms with Gasteiger partial charge < -0.3 is 5.11 Å². The van der Waals surface area contributed by atoms with Crippen LogP contribution in [0.3, 0.4) is 0 Å². The molecule has 0 spiro atoms. The van der Waals surface area contributed by atoms with E-state index in [1.165, 1.54) is 119 Å². The van der Waals surface area contributed by atoms with Gasteiger partial charge in [-0.15, -0.1) is 0 Å². The van der Waals surface area contributed by atoms with Gasteiger partial charge in [-0.25, -0.2) is 0 Å². The highest BCUT2D eigenvalue weighted by Crippen LogP contribution is 2.38. The first-order valence-electron chi connectivity index (χ1n) is 21.0. The molecule has 2 rings (SSSR count). The van der Waals surface area contributed by atoms with Crippen LogP contribution in [0.5, 0.6) is 5.75 Å². The molecule has 0 amide bonds. The molecule has 1 aliphatic carbocycles. The van der Waals surface area contributed by atoms with E-state index >= 15 is 0 Å². The molecule has 2 nitrogen and oxygen atoms in total. The van der Waals surface area contributed by atoms with Crippen LogP contribution >= 0.6 is 0 Å². The number of unbranched alkanes of at least 4 members (excludes halogenated alkanes) is 14. The molecule has 0 radical (unpaired) electrons. The van der Waals surface area contributed by atoms with E-state index in [0.717, 1.165) is 54.4 Å². The van der Waals surface area contributed by atoms with E-state index in [-0.39, 0.29) is 11.7 Å². The zero-order chi connectivity index (χ0) is 36.2. The Hall–Kier alpha value is -2.09. The fourth-order valence-electron chi connectivity index (χ4n) is 7.60. The third-order valence-electron chi connectivity index (χ3n) is 11.2. The van der Waals surface area contributed by atoms with Gasteiger partial charge in [-0.2, -0.15) is 0 Å². The minimum atomic E-state index is 0.229. The maximum atomic E-state index is 13.6. The number of ketones is 1. The summed E-state index contributed by atoms with van der Waals surface area (Å²) in [5.74, 6) is 2.01. The topological polar surface area (TPSA) is 37.3 Å². The summed E-state index contributed by atoms with van der Waals surface area (Å²) >= 11 is 0. The lowest BCUT2D eigenvalue weighted by Crippen LogP contribution is -2.20. The van der Waals surface area contributed by atoms with Crippen LogP contribution in [0, 0.1) is 11.8 Å². The summed E-state index contributed by atoms with van der Waals surface area (Å²) in [6, 6.07) is 4.57. The van der Waals surface area contributed by atoms with Gasteiger partial charge in [-0.1, -0.05) is 176 Å². The Labute approximate surface area is 304 Å². The van der Waals surface area contributed by atoms with E-state index in [2.05, 4.69) is 86.6 Å². The molecule has 1 aromatic carbocycles. The number of carbonyl (C=O) groups is 1. The summed E-state index contributed by atoms with van der Waals surface area (Å²) in [5, 5.41) is 11.3. The average Bonchev–Trinajstić information content (AvgIpc) is 3.07. The van der Waals surface area contributed by atoms with Gasteiger partial charge in [0.25, 0.3) is 0 Å². The summed E-state index contributed by atoms with van der Waals surface area (Å²) in [7, 11) is 0. The quantitative estimate of drug-likeness (QED) is 0.0993. The van der Waals surface area contributed by atoms with Crippen molar-refractivity contribution in [3.05, 3.63) is 63.3 Å². The lowest BCUT2D eigenvalue weighted by atomic mass is 9.79. The number of carbonyl (C=O) groups excluding carboxylic acids is 1. The van der Waals surface area contributed by atoms with Crippen molar-refractivity contribution in [2.24, 2.45) is 11.8 Å². The second-order valence-electron chi connectivity index (χ2n) is 16.4. The Morgan fingerprint density at radius 3 is 1.57 bits per heavy atom. The van der Waals surface area contributed by atoms with E-state index < -0.39 is 0 Å². The number of Topliss-reactive ketones (excluding diaryl/α,β-unsaturated/α-hetero) is 1. The number of rotatable bonds is 26. The van der Waals surface area contributed by atoms with Crippen molar-refractivity contribution in [1.82, 2.24) is 0 Å². The minimum absolute atomic E-state index is 0.229. The van der Waals surface area contributed by atoms with Gasteiger partial charge >= 0.3 is 0 Å². The standard InChI is InChI=1S/C47H78O2/c1-10-12-14-16-18-20-22-24-27-38(8)44-32-40(31-42(35(3)4)46(44)48)30-26-29-37(7)41-33-43(36(5)6)47(49)45(34-41)39(9)28-25-23-21-19-17-15-13-11-2/h31-36,38-39,48H,10-30H2,1-9H3. The SMILES string of the molecule is CCCCCCCCCCC(C)C1=CC(=C(C)CCCc2cc(C(C)C)c(O)c(C(C)CCCCCCCCCC)c2)C=C(C(C)C)C1=O. The molecular formula is C47H78O2. The van der Waals surface area contributed by atoms with E-state index in [4.69, 9.17) is 0 Å². The lowest BCUT2D eigenvalue weighted by Gasteiger charge is -2.24. The number of phenolic OH excluding ortho intramolecular Hbond substituents is 1. The summed E-state index contributed by atoms with van der Waals surface area (Å²) < 4.78 is 0.